The molecule has 3 heterocycles. The molecule has 2 aromatic heterocycles. The molecule has 4 rings (SSSR count). The van der Waals surface area contributed by atoms with Gasteiger partial charge in [-0.3, -0.25) is 4.79 Å². The van der Waals surface area contributed by atoms with Crippen molar-refractivity contribution in [2.24, 2.45) is 5.92 Å². The SMILES string of the molecule is CC(C)(C)OC(=O)N[C@@H]1CCCN(c2c(Br)cnc3[nH]cc(NC(=O)C4CC4)c23)C1. The molecule has 2 aromatic rings. The minimum absolute atomic E-state index is 0.0211. The zero-order chi connectivity index (χ0) is 21.5. The van der Waals surface area contributed by atoms with E-state index in [0.29, 0.717) is 6.54 Å². The van der Waals surface area contributed by atoms with E-state index >= 15 is 0 Å². The van der Waals surface area contributed by atoms with Crippen molar-refractivity contribution in [3.05, 3.63) is 16.9 Å². The van der Waals surface area contributed by atoms with Gasteiger partial charge in [0.2, 0.25) is 5.91 Å². The Morgan fingerprint density at radius 2 is 2.07 bits per heavy atom. The van der Waals surface area contributed by atoms with Crippen LogP contribution < -0.4 is 15.5 Å². The van der Waals surface area contributed by atoms with Crippen LogP contribution in [-0.2, 0) is 9.53 Å². The third-order valence-corrected chi connectivity index (χ3v) is 5.87. The number of rotatable bonds is 4. The summed E-state index contributed by atoms with van der Waals surface area (Å²) in [6.45, 7) is 7.07. The molecule has 8 nitrogen and oxygen atoms in total. The number of aromatic nitrogens is 2. The zero-order valence-electron chi connectivity index (χ0n) is 17.5. The Bertz CT molecular complexity index is 963. The predicted octanol–water partition coefficient (Wildman–Crippen LogP) is 4.17. The second kappa shape index (κ2) is 8.09. The molecule has 9 heteroatoms. The van der Waals surface area contributed by atoms with Crippen LogP contribution in [0.5, 0.6) is 0 Å². The van der Waals surface area contributed by atoms with Crippen LogP contribution >= 0.6 is 15.9 Å². The summed E-state index contributed by atoms with van der Waals surface area (Å²) in [6.07, 6.45) is 6.90. The Balaban J connectivity index is 1.57. The number of hydrogen-bond donors (Lipinski definition) is 3. The van der Waals surface area contributed by atoms with Crippen molar-refractivity contribution >= 4 is 50.3 Å². The van der Waals surface area contributed by atoms with Crippen molar-refractivity contribution in [3.8, 4) is 0 Å². The molecule has 1 aliphatic heterocycles. The lowest BCUT2D eigenvalue weighted by atomic mass is 10.0. The molecule has 3 N–H and O–H groups in total. The number of piperidine rings is 1. The van der Waals surface area contributed by atoms with Gasteiger partial charge in [0.05, 0.1) is 21.2 Å². The molecular weight excluding hydrogens is 450 g/mol. The number of pyridine rings is 1. The second-order valence-electron chi connectivity index (χ2n) is 9.08. The molecule has 30 heavy (non-hydrogen) atoms. The second-order valence-corrected chi connectivity index (χ2v) is 9.93. The number of aromatic amines is 1. The number of alkyl carbamates (subject to hydrolysis) is 1. The molecule has 162 valence electrons. The van der Waals surface area contributed by atoms with E-state index in [-0.39, 0.29) is 17.9 Å². The first-order valence-corrected chi connectivity index (χ1v) is 11.2. The number of hydrogen-bond acceptors (Lipinski definition) is 5. The van der Waals surface area contributed by atoms with Crippen molar-refractivity contribution in [2.75, 3.05) is 23.3 Å². The normalized spacial score (nSPS) is 19.6. The summed E-state index contributed by atoms with van der Waals surface area (Å²) in [5.41, 5.74) is 1.91. The fraction of sp³-hybridized carbons (Fsp3) is 0.571. The van der Waals surface area contributed by atoms with Crippen molar-refractivity contribution in [1.82, 2.24) is 15.3 Å². The number of nitrogens with zero attached hydrogens (tertiary/aromatic N) is 2. The average Bonchev–Trinajstić information content (AvgIpc) is 3.43. The van der Waals surface area contributed by atoms with Crippen molar-refractivity contribution in [2.45, 2.75) is 58.1 Å². The summed E-state index contributed by atoms with van der Waals surface area (Å²) in [7, 11) is 0. The van der Waals surface area contributed by atoms with Crippen LogP contribution in [0.4, 0.5) is 16.2 Å². The van der Waals surface area contributed by atoms with Crippen molar-refractivity contribution in [1.29, 1.82) is 0 Å². The highest BCUT2D eigenvalue weighted by Crippen LogP contribution is 2.40. The summed E-state index contributed by atoms with van der Waals surface area (Å²) in [6, 6.07) is -0.0211. The summed E-state index contributed by atoms with van der Waals surface area (Å²) in [4.78, 5) is 34.4. The number of anilines is 2. The number of carbonyl (C=O) groups excluding carboxylic acids is 2. The Morgan fingerprint density at radius 1 is 1.30 bits per heavy atom. The fourth-order valence-corrected chi connectivity index (χ4v) is 4.37. The molecule has 0 bridgehead atoms. The summed E-state index contributed by atoms with van der Waals surface area (Å²) in [5.74, 6) is 0.181. The van der Waals surface area contributed by atoms with Crippen LogP contribution in [0.3, 0.4) is 0 Å². The number of halogens is 1. The molecule has 1 saturated carbocycles. The highest BCUT2D eigenvalue weighted by molar-refractivity contribution is 9.10. The van der Waals surface area contributed by atoms with Crippen LogP contribution in [0.1, 0.15) is 46.5 Å². The summed E-state index contributed by atoms with van der Waals surface area (Å²) >= 11 is 3.65. The molecule has 0 aromatic carbocycles. The molecule has 2 aliphatic rings. The van der Waals surface area contributed by atoms with Gasteiger partial charge in [-0.05, 0) is 62.4 Å². The number of H-pyrrole nitrogens is 1. The van der Waals surface area contributed by atoms with E-state index in [4.69, 9.17) is 4.74 Å². The molecule has 0 unspecified atom stereocenters. The van der Waals surface area contributed by atoms with E-state index in [1.165, 1.54) is 0 Å². The molecular formula is C21H28BrN5O3. The average molecular weight is 478 g/mol. The van der Waals surface area contributed by atoms with E-state index in [9.17, 15) is 9.59 Å². The molecule has 1 saturated heterocycles. The van der Waals surface area contributed by atoms with E-state index in [0.717, 1.165) is 59.1 Å². The lowest BCUT2D eigenvalue weighted by Gasteiger charge is -2.36. The van der Waals surface area contributed by atoms with Gasteiger partial charge in [0.15, 0.2) is 0 Å². The van der Waals surface area contributed by atoms with Gasteiger partial charge in [0, 0.05) is 37.4 Å². The first kappa shape index (κ1) is 21.0. The van der Waals surface area contributed by atoms with E-state index in [1.54, 1.807) is 12.4 Å². The van der Waals surface area contributed by atoms with Gasteiger partial charge >= 0.3 is 6.09 Å². The Labute approximate surface area is 184 Å². The predicted molar refractivity (Wildman–Crippen MR) is 120 cm³/mol. The maximum atomic E-state index is 12.3. The highest BCUT2D eigenvalue weighted by atomic mass is 79.9. The Hall–Kier alpha value is -2.29. The summed E-state index contributed by atoms with van der Waals surface area (Å²) < 4.78 is 6.27. The number of ether oxygens (including phenoxy) is 1. The monoisotopic (exact) mass is 477 g/mol. The van der Waals surface area contributed by atoms with E-state index < -0.39 is 11.7 Å². The lowest BCUT2D eigenvalue weighted by molar-refractivity contribution is -0.117. The minimum atomic E-state index is -0.529. The standard InChI is InChI=1S/C21H28BrN5O3/c1-21(2,3)30-20(29)25-13-5-4-8-27(11-13)17-14(22)9-23-18-16(17)15(10-24-18)26-19(28)12-6-7-12/h9-10,12-13H,4-8,11H2,1-3H3,(H,23,24)(H,25,29)(H,26,28)/t13-/m1/s1. The molecule has 0 radical (unpaired) electrons. The van der Waals surface area contributed by atoms with Crippen LogP contribution in [0.15, 0.2) is 16.9 Å². The minimum Gasteiger partial charge on any atom is -0.444 e. The highest BCUT2D eigenvalue weighted by Gasteiger charge is 2.31. The fourth-order valence-electron chi connectivity index (χ4n) is 3.82. The topological polar surface area (TPSA) is 99.3 Å². The van der Waals surface area contributed by atoms with Crippen molar-refractivity contribution < 1.29 is 14.3 Å². The van der Waals surface area contributed by atoms with Crippen molar-refractivity contribution in [3.63, 3.8) is 0 Å². The largest absolute Gasteiger partial charge is 0.444 e. The lowest BCUT2D eigenvalue weighted by Crippen LogP contribution is -2.49. The molecule has 2 fully saturated rings. The maximum absolute atomic E-state index is 12.3. The van der Waals surface area contributed by atoms with E-state index in [1.807, 2.05) is 20.8 Å². The first-order chi connectivity index (χ1) is 14.2. The van der Waals surface area contributed by atoms with Crippen LogP contribution in [0.25, 0.3) is 11.0 Å². The molecule has 2 amide bonds. The molecule has 1 atom stereocenters. The Morgan fingerprint density at radius 3 is 2.77 bits per heavy atom. The third kappa shape index (κ3) is 4.71. The van der Waals surface area contributed by atoms with Gasteiger partial charge in [-0.25, -0.2) is 9.78 Å². The maximum Gasteiger partial charge on any atom is 0.407 e. The number of amides is 2. The van der Waals surface area contributed by atoms with Gasteiger partial charge < -0.3 is 25.3 Å². The first-order valence-electron chi connectivity index (χ1n) is 10.4. The molecule has 0 spiro atoms. The van der Waals surface area contributed by atoms with Crippen LogP contribution in [0, 0.1) is 5.92 Å². The van der Waals surface area contributed by atoms with Gasteiger partial charge in [0.1, 0.15) is 11.2 Å². The van der Waals surface area contributed by atoms with Gasteiger partial charge in [-0.15, -0.1) is 0 Å². The summed E-state index contributed by atoms with van der Waals surface area (Å²) in [5, 5.41) is 6.94. The number of nitrogens with one attached hydrogen (secondary N) is 3. The van der Waals surface area contributed by atoms with Crippen LogP contribution in [-0.4, -0.2) is 46.7 Å². The quantitative estimate of drug-likeness (QED) is 0.613. The number of carbonyl (C=O) groups is 2. The molecule has 1 aliphatic carbocycles. The number of fused-ring (bicyclic) bond motifs is 1. The smallest absolute Gasteiger partial charge is 0.407 e. The third-order valence-electron chi connectivity index (χ3n) is 5.29. The van der Waals surface area contributed by atoms with E-state index in [2.05, 4.69) is 41.4 Å². The Kier molecular flexibility index (Phi) is 5.65. The zero-order valence-corrected chi connectivity index (χ0v) is 19.1. The van der Waals surface area contributed by atoms with Gasteiger partial charge in [-0.1, -0.05) is 0 Å². The van der Waals surface area contributed by atoms with Gasteiger partial charge in [-0.2, -0.15) is 0 Å². The van der Waals surface area contributed by atoms with Crippen LogP contribution in [0.2, 0.25) is 0 Å². The van der Waals surface area contributed by atoms with Gasteiger partial charge in [0.25, 0.3) is 0 Å².